The van der Waals surface area contributed by atoms with Crippen molar-refractivity contribution >= 4 is 5.91 Å². The third kappa shape index (κ3) is 6.10. The van der Waals surface area contributed by atoms with Crippen molar-refractivity contribution in [2.75, 3.05) is 6.54 Å². The third-order valence-corrected chi connectivity index (χ3v) is 2.75. The molecule has 0 heterocycles. The van der Waals surface area contributed by atoms with Crippen LogP contribution in [0.25, 0.3) is 0 Å². The van der Waals surface area contributed by atoms with Crippen LogP contribution in [0, 0.1) is 17.0 Å². The van der Waals surface area contributed by atoms with Gasteiger partial charge in [-0.2, -0.15) is 0 Å². The van der Waals surface area contributed by atoms with E-state index >= 15 is 0 Å². The van der Waals surface area contributed by atoms with Crippen LogP contribution in [0.3, 0.4) is 0 Å². The number of amides is 1. The fourth-order valence-corrected chi connectivity index (χ4v) is 1.91. The summed E-state index contributed by atoms with van der Waals surface area (Å²) in [5, 5.41) is 12.3. The molecule has 0 saturated heterocycles. The van der Waals surface area contributed by atoms with Crippen molar-refractivity contribution in [3.05, 3.63) is 35.4 Å². The minimum absolute atomic E-state index is 0.0345. The quantitative estimate of drug-likeness (QED) is 0.873. The second-order valence-electron chi connectivity index (χ2n) is 6.14. The van der Waals surface area contributed by atoms with E-state index in [-0.39, 0.29) is 23.9 Å². The predicted molar refractivity (Wildman–Crippen MR) is 73.2 cm³/mol. The first-order valence-corrected chi connectivity index (χ1v) is 6.56. The van der Waals surface area contributed by atoms with E-state index in [4.69, 9.17) is 0 Å². The van der Waals surface area contributed by atoms with E-state index in [1.54, 1.807) is 0 Å². The highest BCUT2D eigenvalue weighted by Gasteiger charge is 2.17. The van der Waals surface area contributed by atoms with E-state index in [1.165, 1.54) is 6.07 Å². The zero-order valence-electron chi connectivity index (χ0n) is 12.0. The topological polar surface area (TPSA) is 49.3 Å². The number of nitrogens with one attached hydrogen (secondary N) is 1. The Labute approximate surface area is 118 Å². The van der Waals surface area contributed by atoms with Gasteiger partial charge in [-0.3, -0.25) is 4.79 Å². The summed E-state index contributed by atoms with van der Waals surface area (Å²) in [4.78, 5) is 11.6. The minimum Gasteiger partial charge on any atom is -0.391 e. The summed E-state index contributed by atoms with van der Waals surface area (Å²) in [6, 6.07) is 3.10. The molecule has 0 aromatic heterocycles. The first kappa shape index (κ1) is 16.6. The molecule has 1 amide bonds. The summed E-state index contributed by atoms with van der Waals surface area (Å²) < 4.78 is 26.1. The standard InChI is InChI=1S/C15H21F2NO2/c1-15(2,3)8-12(19)9-18-14(20)6-10-4-5-11(16)7-13(10)17/h4-5,7,12,19H,6,8-9H2,1-3H3,(H,18,20). The van der Waals surface area contributed by atoms with Gasteiger partial charge >= 0.3 is 0 Å². The Bertz CT molecular complexity index is 469. The van der Waals surface area contributed by atoms with E-state index in [1.807, 2.05) is 20.8 Å². The Balaban J connectivity index is 2.44. The van der Waals surface area contributed by atoms with Crippen LogP contribution in [0.2, 0.25) is 0 Å². The van der Waals surface area contributed by atoms with Gasteiger partial charge in [0, 0.05) is 12.6 Å². The zero-order valence-corrected chi connectivity index (χ0v) is 12.0. The molecule has 1 rings (SSSR count). The number of aliphatic hydroxyl groups is 1. The summed E-state index contributed by atoms with van der Waals surface area (Å²) in [5.74, 6) is -1.81. The lowest BCUT2D eigenvalue weighted by Gasteiger charge is -2.22. The van der Waals surface area contributed by atoms with E-state index in [2.05, 4.69) is 5.32 Å². The highest BCUT2D eigenvalue weighted by Crippen LogP contribution is 2.20. The number of hydrogen-bond acceptors (Lipinski definition) is 2. The van der Waals surface area contributed by atoms with Gasteiger partial charge in [-0.1, -0.05) is 26.8 Å². The summed E-state index contributed by atoms with van der Waals surface area (Å²) in [7, 11) is 0. The molecule has 0 aliphatic rings. The van der Waals surface area contributed by atoms with E-state index in [0.717, 1.165) is 12.1 Å². The fraction of sp³-hybridized carbons (Fsp3) is 0.533. The molecule has 1 unspecified atom stereocenters. The number of carbonyl (C=O) groups excluding carboxylic acids is 1. The Morgan fingerprint density at radius 2 is 2.00 bits per heavy atom. The molecule has 0 radical (unpaired) electrons. The first-order chi connectivity index (χ1) is 9.17. The highest BCUT2D eigenvalue weighted by molar-refractivity contribution is 5.78. The molecule has 112 valence electrons. The zero-order chi connectivity index (χ0) is 15.3. The number of aliphatic hydroxyl groups excluding tert-OH is 1. The molecule has 2 N–H and O–H groups in total. The second kappa shape index (κ2) is 6.79. The maximum atomic E-state index is 13.4. The summed E-state index contributed by atoms with van der Waals surface area (Å²) >= 11 is 0. The SMILES string of the molecule is CC(C)(C)CC(O)CNC(=O)Cc1ccc(F)cc1F. The summed E-state index contributed by atoms with van der Waals surface area (Å²) in [6.07, 6.45) is -0.260. The van der Waals surface area contributed by atoms with Crippen LogP contribution in [0.4, 0.5) is 8.78 Å². The van der Waals surface area contributed by atoms with Crippen LogP contribution >= 0.6 is 0 Å². The molecule has 0 fully saturated rings. The van der Waals surface area contributed by atoms with E-state index in [9.17, 15) is 18.7 Å². The average molecular weight is 285 g/mol. The van der Waals surface area contributed by atoms with Crippen LogP contribution in [0.15, 0.2) is 18.2 Å². The number of benzene rings is 1. The van der Waals surface area contributed by atoms with Gasteiger partial charge in [0.15, 0.2) is 0 Å². The average Bonchev–Trinajstić information content (AvgIpc) is 2.28. The molecule has 20 heavy (non-hydrogen) atoms. The Morgan fingerprint density at radius 1 is 1.35 bits per heavy atom. The maximum absolute atomic E-state index is 13.4. The molecule has 3 nitrogen and oxygen atoms in total. The van der Waals surface area contributed by atoms with Crippen LogP contribution in [-0.2, 0) is 11.2 Å². The number of carbonyl (C=O) groups is 1. The van der Waals surface area contributed by atoms with Crippen molar-refractivity contribution in [1.29, 1.82) is 0 Å². The fourth-order valence-electron chi connectivity index (χ4n) is 1.91. The van der Waals surface area contributed by atoms with Crippen LogP contribution in [0.5, 0.6) is 0 Å². The van der Waals surface area contributed by atoms with Gasteiger partial charge in [0.05, 0.1) is 12.5 Å². The predicted octanol–water partition coefficient (Wildman–Crippen LogP) is 2.42. The van der Waals surface area contributed by atoms with E-state index in [0.29, 0.717) is 6.42 Å². The van der Waals surface area contributed by atoms with Gasteiger partial charge in [0.1, 0.15) is 11.6 Å². The van der Waals surface area contributed by atoms with Crippen LogP contribution in [-0.4, -0.2) is 23.7 Å². The monoisotopic (exact) mass is 285 g/mol. The lowest BCUT2D eigenvalue weighted by Crippen LogP contribution is -2.35. The molecule has 0 aliphatic carbocycles. The van der Waals surface area contributed by atoms with Crippen molar-refractivity contribution in [1.82, 2.24) is 5.32 Å². The Hall–Kier alpha value is -1.49. The van der Waals surface area contributed by atoms with Gasteiger partial charge in [-0.05, 0) is 23.5 Å². The van der Waals surface area contributed by atoms with Crippen molar-refractivity contribution in [3.63, 3.8) is 0 Å². The smallest absolute Gasteiger partial charge is 0.224 e. The van der Waals surface area contributed by atoms with Crippen molar-refractivity contribution in [3.8, 4) is 0 Å². The summed E-state index contributed by atoms with van der Waals surface area (Å²) in [6.45, 7) is 6.10. The number of halogens is 2. The largest absolute Gasteiger partial charge is 0.391 e. The van der Waals surface area contributed by atoms with Crippen molar-refractivity contribution in [2.45, 2.75) is 39.7 Å². The highest BCUT2D eigenvalue weighted by atomic mass is 19.1. The molecular weight excluding hydrogens is 264 g/mol. The number of rotatable bonds is 5. The van der Waals surface area contributed by atoms with Crippen LogP contribution in [0.1, 0.15) is 32.8 Å². The molecule has 0 bridgehead atoms. The van der Waals surface area contributed by atoms with Crippen molar-refractivity contribution in [2.24, 2.45) is 5.41 Å². The molecule has 1 aromatic carbocycles. The van der Waals surface area contributed by atoms with Crippen LogP contribution < -0.4 is 5.32 Å². The molecular formula is C15H21F2NO2. The molecule has 0 saturated carbocycles. The molecule has 0 spiro atoms. The molecule has 5 heteroatoms. The van der Waals surface area contributed by atoms with Gasteiger partial charge < -0.3 is 10.4 Å². The molecule has 1 aromatic rings. The molecule has 1 atom stereocenters. The van der Waals surface area contributed by atoms with Gasteiger partial charge in [0.25, 0.3) is 0 Å². The lowest BCUT2D eigenvalue weighted by molar-refractivity contribution is -0.121. The lowest BCUT2D eigenvalue weighted by atomic mass is 9.89. The van der Waals surface area contributed by atoms with Gasteiger partial charge in [-0.15, -0.1) is 0 Å². The van der Waals surface area contributed by atoms with Gasteiger partial charge in [0.2, 0.25) is 5.91 Å². The second-order valence-corrected chi connectivity index (χ2v) is 6.14. The first-order valence-electron chi connectivity index (χ1n) is 6.56. The summed E-state index contributed by atoms with van der Waals surface area (Å²) in [5.41, 5.74) is 0.0990. The normalized spacial score (nSPS) is 13.1. The van der Waals surface area contributed by atoms with E-state index < -0.39 is 23.6 Å². The number of hydrogen-bond donors (Lipinski definition) is 2. The third-order valence-electron chi connectivity index (χ3n) is 2.75. The Morgan fingerprint density at radius 3 is 2.55 bits per heavy atom. The molecule has 0 aliphatic heterocycles. The maximum Gasteiger partial charge on any atom is 0.224 e. The van der Waals surface area contributed by atoms with Gasteiger partial charge in [-0.25, -0.2) is 8.78 Å². The van der Waals surface area contributed by atoms with Crippen molar-refractivity contribution < 1.29 is 18.7 Å². The Kier molecular flexibility index (Phi) is 5.62. The minimum atomic E-state index is -0.740.